The predicted molar refractivity (Wildman–Crippen MR) is 99.9 cm³/mol. The van der Waals surface area contributed by atoms with Gasteiger partial charge in [-0.3, -0.25) is 9.78 Å². The second kappa shape index (κ2) is 7.74. The molecule has 0 radical (unpaired) electrons. The molecule has 0 saturated heterocycles. The molecule has 3 unspecified atom stereocenters. The van der Waals surface area contributed by atoms with Crippen LogP contribution in [0.2, 0.25) is 0 Å². The number of fused-ring (bicyclic) bond motifs is 1. The first-order valence-electron chi connectivity index (χ1n) is 9.21. The summed E-state index contributed by atoms with van der Waals surface area (Å²) in [7, 11) is 0. The van der Waals surface area contributed by atoms with Crippen LogP contribution in [-0.2, 0) is 11.2 Å². The zero-order valence-corrected chi connectivity index (χ0v) is 14.7. The van der Waals surface area contributed by atoms with Crippen molar-refractivity contribution in [2.45, 2.75) is 46.0 Å². The Morgan fingerprint density at radius 1 is 1.25 bits per heavy atom. The Labute approximate surface area is 145 Å². The van der Waals surface area contributed by atoms with Crippen LogP contribution in [0.1, 0.15) is 45.1 Å². The van der Waals surface area contributed by atoms with E-state index in [0.29, 0.717) is 17.6 Å². The third-order valence-corrected chi connectivity index (χ3v) is 5.44. The van der Waals surface area contributed by atoms with Crippen molar-refractivity contribution in [3.8, 4) is 0 Å². The highest BCUT2D eigenvalue weighted by molar-refractivity contribution is 5.84. The van der Waals surface area contributed by atoms with E-state index >= 15 is 0 Å². The van der Waals surface area contributed by atoms with Crippen LogP contribution in [0.4, 0.5) is 0 Å². The van der Waals surface area contributed by atoms with Crippen LogP contribution in [0.3, 0.4) is 0 Å². The number of carbonyl (C=O) groups is 1. The maximum Gasteiger partial charge on any atom is 0.136 e. The van der Waals surface area contributed by atoms with Gasteiger partial charge in [0.2, 0.25) is 0 Å². The Hall–Kier alpha value is -1.96. The van der Waals surface area contributed by atoms with E-state index in [0.717, 1.165) is 37.6 Å². The van der Waals surface area contributed by atoms with E-state index in [1.54, 1.807) is 0 Å². The molecule has 0 bridgehead atoms. The Morgan fingerprint density at radius 2 is 2.08 bits per heavy atom. The van der Waals surface area contributed by atoms with Crippen molar-refractivity contribution in [3.63, 3.8) is 0 Å². The highest BCUT2D eigenvalue weighted by Gasteiger charge is 2.36. The normalized spacial score (nSPS) is 22.5. The fourth-order valence-corrected chi connectivity index (χ4v) is 4.16. The number of hydrogen-bond donors (Lipinski definition) is 0. The van der Waals surface area contributed by atoms with Crippen LogP contribution in [-0.4, -0.2) is 10.8 Å². The van der Waals surface area contributed by atoms with Crippen LogP contribution in [0.25, 0.3) is 10.9 Å². The molecule has 24 heavy (non-hydrogen) atoms. The molecule has 2 heteroatoms. The van der Waals surface area contributed by atoms with Gasteiger partial charge in [0.25, 0.3) is 0 Å². The maximum atomic E-state index is 12.3. The molecular weight excluding hydrogens is 294 g/mol. The molecule has 0 aliphatic heterocycles. The SMILES string of the molecule is CC/C=C\CC1C(=O)CCC1C(C)Cc1cccc2cccnc12. The molecule has 3 rings (SSSR count). The minimum atomic E-state index is 0.214. The number of carbonyl (C=O) groups excluding carboxylic acids is 1. The molecule has 1 saturated carbocycles. The molecular formula is C22H27NO. The van der Waals surface area contributed by atoms with Crippen molar-refractivity contribution in [1.29, 1.82) is 0 Å². The Morgan fingerprint density at radius 3 is 2.92 bits per heavy atom. The van der Waals surface area contributed by atoms with Crippen LogP contribution < -0.4 is 0 Å². The number of aromatic nitrogens is 1. The average Bonchev–Trinajstić information content (AvgIpc) is 2.96. The number of rotatable bonds is 6. The van der Waals surface area contributed by atoms with E-state index < -0.39 is 0 Å². The molecule has 126 valence electrons. The third kappa shape index (κ3) is 3.58. The van der Waals surface area contributed by atoms with Gasteiger partial charge >= 0.3 is 0 Å². The van der Waals surface area contributed by atoms with E-state index in [4.69, 9.17) is 0 Å². The summed E-state index contributed by atoms with van der Waals surface area (Å²) in [5.74, 6) is 1.68. The molecule has 2 nitrogen and oxygen atoms in total. The lowest BCUT2D eigenvalue weighted by Crippen LogP contribution is -2.22. The van der Waals surface area contributed by atoms with E-state index in [2.05, 4.69) is 55.2 Å². The number of allylic oxidation sites excluding steroid dienone is 2. The number of nitrogens with zero attached hydrogens (tertiary/aromatic N) is 1. The molecule has 0 spiro atoms. The van der Waals surface area contributed by atoms with Crippen molar-refractivity contribution >= 4 is 16.7 Å². The minimum Gasteiger partial charge on any atom is -0.299 e. The summed E-state index contributed by atoms with van der Waals surface area (Å²) < 4.78 is 0. The van der Waals surface area contributed by atoms with Gasteiger partial charge in [0.1, 0.15) is 5.78 Å². The van der Waals surface area contributed by atoms with Crippen LogP contribution in [0.5, 0.6) is 0 Å². The first-order valence-corrected chi connectivity index (χ1v) is 9.21. The van der Waals surface area contributed by atoms with Gasteiger partial charge < -0.3 is 0 Å². The highest BCUT2D eigenvalue weighted by Crippen LogP contribution is 2.38. The Bertz CT molecular complexity index is 728. The fraction of sp³-hybridized carbons (Fsp3) is 0.455. The molecule has 0 N–H and O–H groups in total. The van der Waals surface area contributed by atoms with Crippen LogP contribution >= 0.6 is 0 Å². The minimum absolute atomic E-state index is 0.214. The van der Waals surface area contributed by atoms with Crippen molar-refractivity contribution in [1.82, 2.24) is 4.98 Å². The first kappa shape index (κ1) is 16.9. The summed E-state index contributed by atoms with van der Waals surface area (Å²) in [5.41, 5.74) is 2.42. The van der Waals surface area contributed by atoms with E-state index in [1.807, 2.05) is 12.3 Å². The van der Waals surface area contributed by atoms with Gasteiger partial charge in [-0.2, -0.15) is 0 Å². The van der Waals surface area contributed by atoms with Crippen molar-refractivity contribution in [2.24, 2.45) is 17.8 Å². The van der Waals surface area contributed by atoms with Gasteiger partial charge in [0, 0.05) is 23.9 Å². The number of pyridine rings is 1. The molecule has 1 aromatic carbocycles. The Balaban J connectivity index is 1.76. The number of benzene rings is 1. The lowest BCUT2D eigenvalue weighted by atomic mass is 9.79. The average molecular weight is 321 g/mol. The second-order valence-electron chi connectivity index (χ2n) is 7.06. The molecule has 3 atom stereocenters. The smallest absolute Gasteiger partial charge is 0.136 e. The first-order chi connectivity index (χ1) is 11.7. The van der Waals surface area contributed by atoms with Gasteiger partial charge in [0.15, 0.2) is 0 Å². The summed E-state index contributed by atoms with van der Waals surface area (Å²) in [6, 6.07) is 10.5. The van der Waals surface area contributed by atoms with Crippen molar-refractivity contribution in [3.05, 3.63) is 54.2 Å². The zero-order chi connectivity index (χ0) is 16.9. The topological polar surface area (TPSA) is 30.0 Å². The van der Waals surface area contributed by atoms with Gasteiger partial charge in [-0.25, -0.2) is 0 Å². The van der Waals surface area contributed by atoms with Gasteiger partial charge in [-0.15, -0.1) is 0 Å². The molecule has 1 heterocycles. The quantitative estimate of drug-likeness (QED) is 0.670. The largest absolute Gasteiger partial charge is 0.299 e. The summed E-state index contributed by atoms with van der Waals surface area (Å²) in [4.78, 5) is 16.9. The van der Waals surface area contributed by atoms with Gasteiger partial charge in [0.05, 0.1) is 5.52 Å². The van der Waals surface area contributed by atoms with Crippen molar-refractivity contribution < 1.29 is 4.79 Å². The van der Waals surface area contributed by atoms with E-state index in [-0.39, 0.29) is 5.92 Å². The number of para-hydroxylation sites is 1. The highest BCUT2D eigenvalue weighted by atomic mass is 16.1. The molecule has 1 aliphatic carbocycles. The lowest BCUT2D eigenvalue weighted by molar-refractivity contribution is -0.121. The summed E-state index contributed by atoms with van der Waals surface area (Å²) in [6.07, 6.45) is 11.0. The molecule has 2 aromatic rings. The molecule has 0 amide bonds. The van der Waals surface area contributed by atoms with E-state index in [1.165, 1.54) is 10.9 Å². The maximum absolute atomic E-state index is 12.3. The van der Waals surface area contributed by atoms with E-state index in [9.17, 15) is 4.79 Å². The summed E-state index contributed by atoms with van der Waals surface area (Å²) in [6.45, 7) is 4.45. The number of Topliss-reactive ketones (excluding diaryl/α,β-unsaturated/α-hetero) is 1. The predicted octanol–water partition coefficient (Wildman–Crippen LogP) is 5.37. The van der Waals surface area contributed by atoms with Gasteiger partial charge in [-0.1, -0.05) is 50.3 Å². The number of ketones is 1. The summed E-state index contributed by atoms with van der Waals surface area (Å²) in [5, 5.41) is 1.20. The monoisotopic (exact) mass is 321 g/mol. The zero-order valence-electron chi connectivity index (χ0n) is 14.7. The standard InChI is InChI=1S/C22H27NO/c1-3-4-5-11-20-19(12-13-21(20)24)16(2)15-18-9-6-8-17-10-7-14-23-22(17)18/h4-10,14,16,19-20H,3,11-13,15H2,1-2H3/b5-4-. The van der Waals surface area contributed by atoms with Gasteiger partial charge in [-0.05, 0) is 49.1 Å². The van der Waals surface area contributed by atoms with Crippen molar-refractivity contribution in [2.75, 3.05) is 0 Å². The van der Waals surface area contributed by atoms with Crippen LogP contribution in [0.15, 0.2) is 48.7 Å². The molecule has 1 aliphatic rings. The third-order valence-electron chi connectivity index (χ3n) is 5.44. The summed E-state index contributed by atoms with van der Waals surface area (Å²) >= 11 is 0. The second-order valence-corrected chi connectivity index (χ2v) is 7.06. The Kier molecular flexibility index (Phi) is 5.44. The van der Waals surface area contributed by atoms with Crippen LogP contribution in [0, 0.1) is 17.8 Å². The fourth-order valence-electron chi connectivity index (χ4n) is 4.16. The number of hydrogen-bond acceptors (Lipinski definition) is 2. The lowest BCUT2D eigenvalue weighted by Gasteiger charge is -2.24. The molecule has 1 aromatic heterocycles. The molecule has 1 fully saturated rings.